The summed E-state index contributed by atoms with van der Waals surface area (Å²) in [6, 6.07) is 0.407. The van der Waals surface area contributed by atoms with Crippen molar-refractivity contribution >= 4 is 5.91 Å². The van der Waals surface area contributed by atoms with Gasteiger partial charge in [0.25, 0.3) is 0 Å². The lowest BCUT2D eigenvalue weighted by Gasteiger charge is -2.31. The molecule has 1 saturated heterocycles. The van der Waals surface area contributed by atoms with E-state index in [1.165, 1.54) is 12.8 Å². The highest BCUT2D eigenvalue weighted by Gasteiger charge is 2.24. The molecule has 2 aliphatic rings. The van der Waals surface area contributed by atoms with Crippen molar-refractivity contribution in [3.8, 4) is 0 Å². The highest BCUT2D eigenvalue weighted by Crippen LogP contribution is 2.25. The molecule has 0 spiro atoms. The number of hydrogen-bond acceptors (Lipinski definition) is 4. The minimum atomic E-state index is 0.160. The van der Waals surface area contributed by atoms with Crippen LogP contribution in [0.1, 0.15) is 39.0 Å². The third-order valence-corrected chi connectivity index (χ3v) is 4.46. The van der Waals surface area contributed by atoms with E-state index in [2.05, 4.69) is 17.1 Å². The molecule has 3 N–H and O–H groups in total. The number of nitrogens with one attached hydrogen (secondary N) is 1. The zero-order chi connectivity index (χ0) is 14.4. The van der Waals surface area contributed by atoms with Crippen molar-refractivity contribution in [3.05, 3.63) is 0 Å². The number of nitrogens with two attached hydrogens (primary N) is 1. The van der Waals surface area contributed by atoms with Gasteiger partial charge in [-0.05, 0) is 25.7 Å². The average Bonchev–Trinajstić information content (AvgIpc) is 2.42. The molecule has 1 amide bonds. The molecule has 0 aromatic heterocycles. The number of nitrogens with zero attached hydrogens (tertiary/aromatic N) is 1. The normalized spacial score (nSPS) is 29.9. The SMILES string of the molecule is CC(CN1CCOCC1)NC(=O)CC1CCCCC1N. The summed E-state index contributed by atoms with van der Waals surface area (Å²) in [5.74, 6) is 0.535. The Hall–Kier alpha value is -0.650. The van der Waals surface area contributed by atoms with E-state index in [0.29, 0.717) is 12.3 Å². The van der Waals surface area contributed by atoms with Crippen molar-refractivity contribution in [2.45, 2.75) is 51.1 Å². The summed E-state index contributed by atoms with van der Waals surface area (Å²) in [6.07, 6.45) is 5.20. The molecule has 1 aliphatic carbocycles. The lowest BCUT2D eigenvalue weighted by molar-refractivity contribution is -0.123. The Kier molecular flexibility index (Phi) is 6.26. The average molecular weight is 283 g/mol. The number of morpholine rings is 1. The molecular weight excluding hydrogens is 254 g/mol. The topological polar surface area (TPSA) is 67.6 Å². The molecule has 1 aliphatic heterocycles. The maximum Gasteiger partial charge on any atom is 0.220 e. The van der Waals surface area contributed by atoms with Crippen molar-refractivity contribution in [2.24, 2.45) is 11.7 Å². The Bertz CT molecular complexity index is 305. The van der Waals surface area contributed by atoms with Crippen molar-refractivity contribution in [1.29, 1.82) is 0 Å². The van der Waals surface area contributed by atoms with Gasteiger partial charge >= 0.3 is 0 Å². The fourth-order valence-corrected chi connectivity index (χ4v) is 3.28. The second-order valence-corrected chi connectivity index (χ2v) is 6.29. The molecular formula is C15H29N3O2. The fourth-order valence-electron chi connectivity index (χ4n) is 3.28. The Balaban J connectivity index is 1.67. The van der Waals surface area contributed by atoms with Crippen LogP contribution in [0.25, 0.3) is 0 Å². The van der Waals surface area contributed by atoms with E-state index in [4.69, 9.17) is 10.5 Å². The summed E-state index contributed by atoms with van der Waals surface area (Å²) >= 11 is 0. The van der Waals surface area contributed by atoms with E-state index in [0.717, 1.165) is 45.7 Å². The molecule has 116 valence electrons. The fraction of sp³-hybridized carbons (Fsp3) is 0.933. The second kappa shape index (κ2) is 7.96. The smallest absolute Gasteiger partial charge is 0.220 e. The number of hydrogen-bond donors (Lipinski definition) is 2. The van der Waals surface area contributed by atoms with Crippen molar-refractivity contribution < 1.29 is 9.53 Å². The lowest BCUT2D eigenvalue weighted by atomic mass is 9.83. The number of ether oxygens (including phenoxy) is 1. The summed E-state index contributed by atoms with van der Waals surface area (Å²) in [7, 11) is 0. The molecule has 0 bridgehead atoms. The monoisotopic (exact) mass is 283 g/mol. The van der Waals surface area contributed by atoms with Gasteiger partial charge < -0.3 is 15.8 Å². The zero-order valence-corrected chi connectivity index (χ0v) is 12.6. The van der Waals surface area contributed by atoms with E-state index in [1.54, 1.807) is 0 Å². The standard InChI is InChI=1S/C15H29N3O2/c1-12(11-18-6-8-20-9-7-18)17-15(19)10-13-4-2-3-5-14(13)16/h12-14H,2-11,16H2,1H3,(H,17,19). The van der Waals surface area contributed by atoms with Crippen LogP contribution in [0.15, 0.2) is 0 Å². The van der Waals surface area contributed by atoms with Crippen LogP contribution in [0.2, 0.25) is 0 Å². The first-order valence-electron chi connectivity index (χ1n) is 8.00. The minimum absolute atomic E-state index is 0.160. The van der Waals surface area contributed by atoms with E-state index in [9.17, 15) is 4.79 Å². The minimum Gasteiger partial charge on any atom is -0.379 e. The third-order valence-electron chi connectivity index (χ3n) is 4.46. The molecule has 0 aromatic rings. The maximum atomic E-state index is 12.1. The third kappa shape index (κ3) is 5.04. The Morgan fingerprint density at radius 1 is 1.35 bits per heavy atom. The molecule has 0 aromatic carbocycles. The van der Waals surface area contributed by atoms with Crippen LogP contribution in [0, 0.1) is 5.92 Å². The van der Waals surface area contributed by atoms with Gasteiger partial charge in [-0.3, -0.25) is 9.69 Å². The summed E-state index contributed by atoms with van der Waals surface area (Å²) in [6.45, 7) is 6.52. The number of amides is 1. The van der Waals surface area contributed by atoms with Crippen LogP contribution in [0.5, 0.6) is 0 Å². The molecule has 1 saturated carbocycles. The molecule has 5 heteroatoms. The van der Waals surface area contributed by atoms with Gasteiger partial charge in [-0.15, -0.1) is 0 Å². The van der Waals surface area contributed by atoms with Crippen molar-refractivity contribution in [3.63, 3.8) is 0 Å². The Morgan fingerprint density at radius 2 is 2.05 bits per heavy atom. The van der Waals surface area contributed by atoms with E-state index < -0.39 is 0 Å². The highest BCUT2D eigenvalue weighted by atomic mass is 16.5. The zero-order valence-electron chi connectivity index (χ0n) is 12.6. The maximum absolute atomic E-state index is 12.1. The summed E-state index contributed by atoms with van der Waals surface area (Å²) in [5.41, 5.74) is 6.11. The number of carbonyl (C=O) groups is 1. The van der Waals surface area contributed by atoms with Crippen LogP contribution in [0.3, 0.4) is 0 Å². The number of rotatable bonds is 5. The van der Waals surface area contributed by atoms with Crippen LogP contribution in [-0.2, 0) is 9.53 Å². The first kappa shape index (κ1) is 15.7. The van der Waals surface area contributed by atoms with Gasteiger partial charge in [0, 0.05) is 38.1 Å². The Morgan fingerprint density at radius 3 is 2.75 bits per heavy atom. The van der Waals surface area contributed by atoms with Gasteiger partial charge in [-0.25, -0.2) is 0 Å². The lowest BCUT2D eigenvalue weighted by Crippen LogP contribution is -2.47. The summed E-state index contributed by atoms with van der Waals surface area (Å²) in [5, 5.41) is 3.12. The van der Waals surface area contributed by atoms with Gasteiger partial charge in [0.1, 0.15) is 0 Å². The number of carbonyl (C=O) groups excluding carboxylic acids is 1. The first-order valence-corrected chi connectivity index (χ1v) is 8.00. The second-order valence-electron chi connectivity index (χ2n) is 6.29. The van der Waals surface area contributed by atoms with Gasteiger partial charge in [0.15, 0.2) is 0 Å². The van der Waals surface area contributed by atoms with Crippen molar-refractivity contribution in [2.75, 3.05) is 32.8 Å². The van der Waals surface area contributed by atoms with E-state index in [1.807, 2.05) is 0 Å². The largest absolute Gasteiger partial charge is 0.379 e. The van der Waals surface area contributed by atoms with Crippen LogP contribution in [-0.4, -0.2) is 55.7 Å². The predicted molar refractivity (Wildman–Crippen MR) is 79.4 cm³/mol. The van der Waals surface area contributed by atoms with E-state index in [-0.39, 0.29) is 18.0 Å². The van der Waals surface area contributed by atoms with E-state index >= 15 is 0 Å². The molecule has 5 nitrogen and oxygen atoms in total. The molecule has 20 heavy (non-hydrogen) atoms. The van der Waals surface area contributed by atoms with Gasteiger partial charge in [0.2, 0.25) is 5.91 Å². The molecule has 2 fully saturated rings. The molecule has 3 atom stereocenters. The highest BCUT2D eigenvalue weighted by molar-refractivity contribution is 5.76. The summed E-state index contributed by atoms with van der Waals surface area (Å²) in [4.78, 5) is 14.4. The quantitative estimate of drug-likeness (QED) is 0.780. The van der Waals surface area contributed by atoms with Gasteiger partial charge in [-0.2, -0.15) is 0 Å². The van der Waals surface area contributed by atoms with Gasteiger partial charge in [-0.1, -0.05) is 12.8 Å². The van der Waals surface area contributed by atoms with Crippen LogP contribution in [0.4, 0.5) is 0 Å². The molecule has 3 unspecified atom stereocenters. The van der Waals surface area contributed by atoms with Crippen LogP contribution >= 0.6 is 0 Å². The molecule has 2 rings (SSSR count). The van der Waals surface area contributed by atoms with Gasteiger partial charge in [0.05, 0.1) is 13.2 Å². The molecule has 1 heterocycles. The van der Waals surface area contributed by atoms with Crippen molar-refractivity contribution in [1.82, 2.24) is 10.2 Å². The Labute approximate surface area is 122 Å². The molecule has 0 radical (unpaired) electrons. The first-order chi connectivity index (χ1) is 9.65. The summed E-state index contributed by atoms with van der Waals surface area (Å²) < 4.78 is 5.33. The predicted octanol–water partition coefficient (Wildman–Crippen LogP) is 0.731. The van der Waals surface area contributed by atoms with Crippen LogP contribution < -0.4 is 11.1 Å².